The first-order valence-corrected chi connectivity index (χ1v) is 7.96. The number of rotatable bonds is 6. The van der Waals surface area contributed by atoms with E-state index in [9.17, 15) is 9.90 Å². The summed E-state index contributed by atoms with van der Waals surface area (Å²) < 4.78 is 0. The maximum Gasteiger partial charge on any atom is 0.413 e. The first-order valence-electron chi connectivity index (χ1n) is 7.96. The number of carbonyl (C=O) groups is 1. The average Bonchev–Trinajstić information content (AvgIpc) is 3.30. The second-order valence-electron chi connectivity index (χ2n) is 6.01. The number of nitrogens with zero attached hydrogens (tertiary/aromatic N) is 2. The zero-order valence-electron chi connectivity index (χ0n) is 12.3. The molecule has 2 heterocycles. The van der Waals surface area contributed by atoms with Crippen LogP contribution < -0.4 is 10.2 Å². The fourth-order valence-corrected chi connectivity index (χ4v) is 2.83. The largest absolute Gasteiger partial charge is 0.465 e. The molecule has 5 nitrogen and oxygen atoms in total. The minimum Gasteiger partial charge on any atom is -0.465 e. The highest BCUT2D eigenvalue weighted by atomic mass is 16.4. The molecule has 0 radical (unpaired) electrons. The van der Waals surface area contributed by atoms with Crippen molar-refractivity contribution in [1.29, 1.82) is 0 Å². The van der Waals surface area contributed by atoms with Gasteiger partial charge < -0.3 is 10.4 Å². The van der Waals surface area contributed by atoms with Crippen molar-refractivity contribution in [1.82, 2.24) is 10.3 Å². The maximum atomic E-state index is 11.3. The normalized spacial score (nSPS) is 17.6. The topological polar surface area (TPSA) is 65.5 Å². The molecule has 1 amide bonds. The summed E-state index contributed by atoms with van der Waals surface area (Å²) in [6.45, 7) is 1.64. The standard InChI is InChI=1S/C16H23N3O2/c20-16(21)19-11-3-4-12-6-7-14(18-15(12)19)5-1-2-10-17-13-8-9-13/h6-7,13,17H,1-5,8-11H2,(H,20,21). The van der Waals surface area contributed by atoms with Crippen LogP contribution in [0.1, 0.15) is 43.4 Å². The number of carboxylic acid groups (broad SMARTS) is 1. The van der Waals surface area contributed by atoms with E-state index in [1.807, 2.05) is 0 Å². The van der Waals surface area contributed by atoms with Gasteiger partial charge in [-0.3, -0.25) is 4.90 Å². The van der Waals surface area contributed by atoms with Crippen molar-refractivity contribution in [2.45, 2.75) is 51.0 Å². The third-order valence-electron chi connectivity index (χ3n) is 4.20. The van der Waals surface area contributed by atoms with Crippen LogP contribution in [-0.2, 0) is 12.8 Å². The fourth-order valence-electron chi connectivity index (χ4n) is 2.83. The molecule has 1 aromatic rings. The van der Waals surface area contributed by atoms with Gasteiger partial charge in [0.15, 0.2) is 0 Å². The molecule has 2 aliphatic rings. The third-order valence-corrected chi connectivity index (χ3v) is 4.20. The van der Waals surface area contributed by atoms with E-state index in [2.05, 4.69) is 22.4 Å². The summed E-state index contributed by atoms with van der Waals surface area (Å²) >= 11 is 0. The highest BCUT2D eigenvalue weighted by Gasteiger charge is 2.23. The quantitative estimate of drug-likeness (QED) is 0.790. The number of pyridine rings is 1. The minimum atomic E-state index is -0.894. The lowest BCUT2D eigenvalue weighted by Gasteiger charge is -2.26. The summed E-state index contributed by atoms with van der Waals surface area (Å²) in [6, 6.07) is 4.88. The maximum absolute atomic E-state index is 11.3. The Morgan fingerprint density at radius 1 is 1.38 bits per heavy atom. The van der Waals surface area contributed by atoms with Gasteiger partial charge in [0.25, 0.3) is 0 Å². The molecule has 0 saturated heterocycles. The van der Waals surface area contributed by atoms with Crippen molar-refractivity contribution < 1.29 is 9.90 Å². The second kappa shape index (κ2) is 6.43. The van der Waals surface area contributed by atoms with Crippen LogP contribution in [0.4, 0.5) is 10.6 Å². The van der Waals surface area contributed by atoms with Gasteiger partial charge in [0.05, 0.1) is 0 Å². The monoisotopic (exact) mass is 289 g/mol. The Morgan fingerprint density at radius 3 is 3.00 bits per heavy atom. The van der Waals surface area contributed by atoms with Gasteiger partial charge in [-0.1, -0.05) is 6.07 Å². The van der Waals surface area contributed by atoms with Crippen LogP contribution >= 0.6 is 0 Å². The predicted molar refractivity (Wildman–Crippen MR) is 81.9 cm³/mol. The summed E-state index contributed by atoms with van der Waals surface area (Å²) in [5, 5.41) is 12.8. The molecule has 0 bridgehead atoms. The number of unbranched alkanes of at least 4 members (excludes halogenated alkanes) is 1. The first kappa shape index (κ1) is 14.3. The molecular formula is C16H23N3O2. The van der Waals surface area contributed by atoms with Gasteiger partial charge in [0.2, 0.25) is 0 Å². The van der Waals surface area contributed by atoms with Gasteiger partial charge >= 0.3 is 6.09 Å². The highest BCUT2D eigenvalue weighted by Crippen LogP contribution is 2.25. The molecule has 3 rings (SSSR count). The molecule has 0 atom stereocenters. The molecule has 0 aromatic carbocycles. The van der Waals surface area contributed by atoms with Crippen molar-refractivity contribution in [2.24, 2.45) is 0 Å². The molecule has 1 aromatic heterocycles. The number of nitrogens with one attached hydrogen (secondary N) is 1. The number of fused-ring (bicyclic) bond motifs is 1. The number of amides is 1. The average molecular weight is 289 g/mol. The zero-order chi connectivity index (χ0) is 14.7. The van der Waals surface area contributed by atoms with Gasteiger partial charge in [-0.25, -0.2) is 9.78 Å². The Bertz CT molecular complexity index is 514. The molecule has 1 fully saturated rings. The highest BCUT2D eigenvalue weighted by molar-refractivity contribution is 5.86. The lowest BCUT2D eigenvalue weighted by molar-refractivity contribution is 0.201. The molecule has 1 saturated carbocycles. The Balaban J connectivity index is 1.55. The summed E-state index contributed by atoms with van der Waals surface area (Å²) in [5.41, 5.74) is 2.07. The van der Waals surface area contributed by atoms with E-state index in [1.54, 1.807) is 0 Å². The summed E-state index contributed by atoms with van der Waals surface area (Å²) in [7, 11) is 0. The Morgan fingerprint density at radius 2 is 2.24 bits per heavy atom. The summed E-state index contributed by atoms with van der Waals surface area (Å²) in [6.07, 6.45) is 6.75. The van der Waals surface area contributed by atoms with Gasteiger partial charge in [0.1, 0.15) is 5.82 Å². The lowest BCUT2D eigenvalue weighted by Crippen LogP contribution is -2.35. The SMILES string of the molecule is O=C(O)N1CCCc2ccc(CCCCNC3CC3)nc21. The van der Waals surface area contributed by atoms with E-state index >= 15 is 0 Å². The van der Waals surface area contributed by atoms with Crippen LogP contribution in [0.3, 0.4) is 0 Å². The van der Waals surface area contributed by atoms with E-state index in [0.717, 1.165) is 55.9 Å². The fraction of sp³-hybridized carbons (Fsp3) is 0.625. The van der Waals surface area contributed by atoms with Gasteiger partial charge in [-0.05, 0) is 63.1 Å². The van der Waals surface area contributed by atoms with E-state index in [0.29, 0.717) is 12.4 Å². The van der Waals surface area contributed by atoms with Crippen molar-refractivity contribution in [3.05, 3.63) is 23.4 Å². The van der Waals surface area contributed by atoms with E-state index in [4.69, 9.17) is 0 Å². The number of aromatic nitrogens is 1. The van der Waals surface area contributed by atoms with E-state index < -0.39 is 6.09 Å². The van der Waals surface area contributed by atoms with Gasteiger partial charge in [-0.15, -0.1) is 0 Å². The molecular weight excluding hydrogens is 266 g/mol. The van der Waals surface area contributed by atoms with Crippen molar-refractivity contribution in [3.63, 3.8) is 0 Å². The third kappa shape index (κ3) is 3.73. The lowest BCUT2D eigenvalue weighted by atomic mass is 10.0. The van der Waals surface area contributed by atoms with Crippen molar-refractivity contribution in [2.75, 3.05) is 18.0 Å². The number of hydrogen-bond acceptors (Lipinski definition) is 3. The molecule has 5 heteroatoms. The number of anilines is 1. The van der Waals surface area contributed by atoms with Crippen LogP contribution in [0.15, 0.2) is 12.1 Å². The number of aryl methyl sites for hydroxylation is 2. The Kier molecular flexibility index (Phi) is 4.39. The zero-order valence-corrected chi connectivity index (χ0v) is 12.3. The Hall–Kier alpha value is -1.62. The van der Waals surface area contributed by atoms with Crippen LogP contribution in [0.2, 0.25) is 0 Å². The first-order chi connectivity index (χ1) is 10.2. The van der Waals surface area contributed by atoms with E-state index in [-0.39, 0.29) is 0 Å². The van der Waals surface area contributed by atoms with Crippen LogP contribution in [0.5, 0.6) is 0 Å². The van der Waals surface area contributed by atoms with Gasteiger partial charge in [-0.2, -0.15) is 0 Å². The smallest absolute Gasteiger partial charge is 0.413 e. The molecule has 1 aliphatic carbocycles. The molecule has 21 heavy (non-hydrogen) atoms. The van der Waals surface area contributed by atoms with Crippen molar-refractivity contribution in [3.8, 4) is 0 Å². The Labute approximate surface area is 125 Å². The summed E-state index contributed by atoms with van der Waals surface area (Å²) in [5.74, 6) is 0.655. The minimum absolute atomic E-state index is 0.560. The molecule has 114 valence electrons. The molecule has 0 unspecified atom stereocenters. The molecule has 2 N–H and O–H groups in total. The number of hydrogen-bond donors (Lipinski definition) is 2. The van der Waals surface area contributed by atoms with Crippen LogP contribution in [-0.4, -0.2) is 35.3 Å². The van der Waals surface area contributed by atoms with E-state index in [1.165, 1.54) is 17.7 Å². The predicted octanol–water partition coefficient (Wildman–Crippen LogP) is 2.59. The summed E-state index contributed by atoms with van der Waals surface area (Å²) in [4.78, 5) is 17.2. The van der Waals surface area contributed by atoms with Crippen LogP contribution in [0.25, 0.3) is 0 Å². The van der Waals surface area contributed by atoms with Gasteiger partial charge in [0, 0.05) is 18.3 Å². The second-order valence-corrected chi connectivity index (χ2v) is 6.01. The molecule has 0 spiro atoms. The molecule has 1 aliphatic heterocycles. The van der Waals surface area contributed by atoms with Crippen molar-refractivity contribution >= 4 is 11.9 Å². The van der Waals surface area contributed by atoms with Crippen LogP contribution in [0, 0.1) is 0 Å².